The average Bonchev–Trinajstić information content (AvgIpc) is 3.53. The van der Waals surface area contributed by atoms with Crippen molar-refractivity contribution in [2.24, 2.45) is 5.92 Å². The minimum Gasteiger partial charge on any atom is -0.457 e. The summed E-state index contributed by atoms with van der Waals surface area (Å²) in [7, 11) is 0. The second-order valence-corrected chi connectivity index (χ2v) is 11.7. The number of carbonyl (C=O) groups is 3. The molecule has 2 aromatic rings. The molecule has 9 nitrogen and oxygen atoms in total. The molecular formula is C33H43ClN4O5. The van der Waals surface area contributed by atoms with Gasteiger partial charge < -0.3 is 25.4 Å². The molecule has 43 heavy (non-hydrogen) atoms. The molecule has 10 heteroatoms. The van der Waals surface area contributed by atoms with Crippen molar-refractivity contribution >= 4 is 35.8 Å². The van der Waals surface area contributed by atoms with Gasteiger partial charge in [-0.1, -0.05) is 37.6 Å². The summed E-state index contributed by atoms with van der Waals surface area (Å²) in [6.07, 6.45) is 7.53. The number of allylic oxidation sites excluding steroid dienone is 2. The molecule has 3 N–H and O–H groups in total. The van der Waals surface area contributed by atoms with Crippen LogP contribution in [-0.4, -0.2) is 69.9 Å². The fourth-order valence-corrected chi connectivity index (χ4v) is 6.34. The third kappa shape index (κ3) is 7.40. The Morgan fingerprint density at radius 3 is 2.23 bits per heavy atom. The lowest BCUT2D eigenvalue weighted by Gasteiger charge is -2.52. The van der Waals surface area contributed by atoms with Gasteiger partial charge in [0.25, 0.3) is 0 Å². The molecule has 2 aliphatic heterocycles. The van der Waals surface area contributed by atoms with Crippen molar-refractivity contribution in [1.29, 1.82) is 0 Å². The van der Waals surface area contributed by atoms with Crippen LogP contribution in [0.1, 0.15) is 57.9 Å². The molecular weight excluding hydrogens is 568 g/mol. The summed E-state index contributed by atoms with van der Waals surface area (Å²) in [6.45, 7) is 6.22. The topological polar surface area (TPSA) is 111 Å². The minimum atomic E-state index is -0.881. The average molecular weight is 611 g/mol. The zero-order valence-corrected chi connectivity index (χ0v) is 25.8. The van der Waals surface area contributed by atoms with Crippen LogP contribution in [0.4, 0.5) is 5.69 Å². The Hall–Kier alpha value is -3.40. The van der Waals surface area contributed by atoms with Gasteiger partial charge in [-0.3, -0.25) is 19.3 Å². The summed E-state index contributed by atoms with van der Waals surface area (Å²) >= 11 is 0. The number of piperidine rings is 1. The fraction of sp³-hybridized carbons (Fsp3) is 0.485. The number of amides is 3. The highest BCUT2D eigenvalue weighted by atomic mass is 35.5. The van der Waals surface area contributed by atoms with E-state index >= 15 is 0 Å². The summed E-state index contributed by atoms with van der Waals surface area (Å²) in [4.78, 5) is 42.7. The summed E-state index contributed by atoms with van der Waals surface area (Å²) in [6, 6.07) is 14.3. The molecule has 5 rings (SSSR count). The first kappa shape index (κ1) is 32.5. The lowest BCUT2D eigenvalue weighted by atomic mass is 9.79. The van der Waals surface area contributed by atoms with Crippen LogP contribution in [0.3, 0.4) is 0 Å². The number of nitrogens with zero attached hydrogens (tertiary/aromatic N) is 2. The van der Waals surface area contributed by atoms with Crippen LogP contribution in [0.25, 0.3) is 0 Å². The second kappa shape index (κ2) is 14.4. The van der Waals surface area contributed by atoms with E-state index in [2.05, 4.69) is 22.5 Å². The highest BCUT2D eigenvalue weighted by molar-refractivity contribution is 6.00. The van der Waals surface area contributed by atoms with Gasteiger partial charge in [-0.2, -0.15) is 0 Å². The highest BCUT2D eigenvalue weighted by Crippen LogP contribution is 2.36. The predicted molar refractivity (Wildman–Crippen MR) is 168 cm³/mol. The number of ether oxygens (including phenoxy) is 1. The molecule has 232 valence electrons. The summed E-state index contributed by atoms with van der Waals surface area (Å²) in [5.41, 5.74) is 0.996. The number of aliphatic hydroxyl groups excluding tert-OH is 1. The van der Waals surface area contributed by atoms with E-state index in [1.165, 1.54) is 6.92 Å². The Bertz CT molecular complexity index is 1280. The molecule has 0 unspecified atom stereocenters. The normalized spacial score (nSPS) is 20.9. The number of nitrogens with one attached hydrogen (secondary N) is 2. The van der Waals surface area contributed by atoms with E-state index in [0.717, 1.165) is 49.2 Å². The molecule has 3 aliphatic rings. The van der Waals surface area contributed by atoms with Gasteiger partial charge in [0.15, 0.2) is 0 Å². The zero-order chi connectivity index (χ0) is 29.7. The van der Waals surface area contributed by atoms with E-state index in [-0.39, 0.29) is 36.0 Å². The third-order valence-electron chi connectivity index (χ3n) is 8.79. The van der Waals surface area contributed by atoms with Gasteiger partial charge >= 0.3 is 0 Å². The second-order valence-electron chi connectivity index (χ2n) is 11.7. The quantitative estimate of drug-likeness (QED) is 0.338. The standard InChI is InChI=1S/C33H42N4O5.ClH/c1-3-4-19-37-31(40)29(30(39)25-7-5-6-8-25)35-32(41)33(37)17-20-36(21-18-33)22-24-9-13-27(14-10-24)42-28-15-11-26(12-16-28)34-23(2)38;/h5-6,9-16,25,29-30,39H,3-4,7-8,17-22H2,1-2H3,(H,34,38)(H,35,41);1H/t29-,30-;/m1./s1. The maximum atomic E-state index is 13.7. The van der Waals surface area contributed by atoms with Crippen molar-refractivity contribution in [3.8, 4) is 11.5 Å². The molecule has 2 atom stereocenters. The zero-order valence-electron chi connectivity index (χ0n) is 25.0. The van der Waals surface area contributed by atoms with Crippen LogP contribution >= 0.6 is 12.4 Å². The van der Waals surface area contributed by atoms with Crippen LogP contribution in [0, 0.1) is 5.92 Å². The SMILES string of the molecule is CCCCN1C(=O)[C@@H]([C@H](O)C2CC=CC2)NC(=O)C12CCN(Cc1ccc(Oc3ccc(NC(C)=O)cc3)cc1)CC2.Cl. The maximum absolute atomic E-state index is 13.7. The van der Waals surface area contributed by atoms with Crippen LogP contribution in [0.5, 0.6) is 11.5 Å². The lowest BCUT2D eigenvalue weighted by Crippen LogP contribution is -2.75. The van der Waals surface area contributed by atoms with E-state index in [0.29, 0.717) is 38.2 Å². The largest absolute Gasteiger partial charge is 0.457 e. The van der Waals surface area contributed by atoms with Crippen LogP contribution < -0.4 is 15.4 Å². The van der Waals surface area contributed by atoms with Crippen molar-refractivity contribution in [2.75, 3.05) is 25.0 Å². The number of aliphatic hydroxyl groups is 1. The van der Waals surface area contributed by atoms with Crippen molar-refractivity contribution in [3.63, 3.8) is 0 Å². The van der Waals surface area contributed by atoms with Gasteiger partial charge in [0.2, 0.25) is 17.7 Å². The molecule has 2 saturated heterocycles. The first-order valence-corrected chi connectivity index (χ1v) is 15.1. The van der Waals surface area contributed by atoms with Gasteiger partial charge in [-0.25, -0.2) is 0 Å². The van der Waals surface area contributed by atoms with Crippen LogP contribution in [0.2, 0.25) is 0 Å². The molecule has 0 aromatic heterocycles. The number of carbonyl (C=O) groups excluding carboxylic acids is 3. The number of unbranched alkanes of at least 4 members (excludes halogenated alkanes) is 1. The molecule has 0 radical (unpaired) electrons. The van der Waals surface area contributed by atoms with E-state index in [1.807, 2.05) is 48.6 Å². The minimum absolute atomic E-state index is 0. The smallest absolute Gasteiger partial charge is 0.248 e. The molecule has 2 fully saturated rings. The Morgan fingerprint density at radius 2 is 1.65 bits per heavy atom. The molecule has 1 aliphatic carbocycles. The Labute approximate surface area is 260 Å². The highest BCUT2D eigenvalue weighted by Gasteiger charge is 2.55. The first-order valence-electron chi connectivity index (χ1n) is 15.1. The van der Waals surface area contributed by atoms with Crippen molar-refractivity contribution in [1.82, 2.24) is 15.1 Å². The number of hydrogen-bond acceptors (Lipinski definition) is 6. The summed E-state index contributed by atoms with van der Waals surface area (Å²) in [5.74, 6) is 0.984. The molecule has 2 heterocycles. The molecule has 0 saturated carbocycles. The number of halogens is 1. The van der Waals surface area contributed by atoms with Gasteiger partial charge in [0, 0.05) is 38.8 Å². The molecule has 3 amide bonds. The predicted octanol–water partition coefficient (Wildman–Crippen LogP) is 4.65. The Morgan fingerprint density at radius 1 is 1.05 bits per heavy atom. The van der Waals surface area contributed by atoms with Crippen molar-refractivity contribution in [3.05, 3.63) is 66.2 Å². The number of anilines is 1. The Kier molecular flexibility index (Phi) is 10.9. The lowest BCUT2D eigenvalue weighted by molar-refractivity contribution is -0.165. The monoisotopic (exact) mass is 610 g/mol. The van der Waals surface area contributed by atoms with Crippen molar-refractivity contribution < 1.29 is 24.2 Å². The fourth-order valence-electron chi connectivity index (χ4n) is 6.34. The molecule has 1 spiro atoms. The third-order valence-corrected chi connectivity index (χ3v) is 8.79. The van der Waals surface area contributed by atoms with Crippen molar-refractivity contribution in [2.45, 2.75) is 76.6 Å². The van der Waals surface area contributed by atoms with Gasteiger partial charge in [-0.15, -0.1) is 12.4 Å². The summed E-state index contributed by atoms with van der Waals surface area (Å²) < 4.78 is 5.95. The van der Waals surface area contributed by atoms with Gasteiger partial charge in [0.1, 0.15) is 23.1 Å². The molecule has 0 bridgehead atoms. The maximum Gasteiger partial charge on any atom is 0.248 e. The summed E-state index contributed by atoms with van der Waals surface area (Å²) in [5, 5.41) is 16.7. The number of benzene rings is 2. The van der Waals surface area contributed by atoms with E-state index in [9.17, 15) is 19.5 Å². The number of likely N-dealkylation sites (tertiary alicyclic amines) is 1. The van der Waals surface area contributed by atoms with E-state index < -0.39 is 17.7 Å². The number of hydrogen-bond donors (Lipinski definition) is 3. The van der Waals surface area contributed by atoms with Crippen LogP contribution in [-0.2, 0) is 20.9 Å². The number of piperazine rings is 1. The van der Waals surface area contributed by atoms with E-state index in [1.54, 1.807) is 17.0 Å². The van der Waals surface area contributed by atoms with Crippen LogP contribution in [0.15, 0.2) is 60.7 Å². The van der Waals surface area contributed by atoms with E-state index in [4.69, 9.17) is 4.74 Å². The van der Waals surface area contributed by atoms with Gasteiger partial charge in [0.05, 0.1) is 6.10 Å². The first-order chi connectivity index (χ1) is 20.3. The van der Waals surface area contributed by atoms with Gasteiger partial charge in [-0.05, 0) is 80.0 Å². The Balaban J connectivity index is 0.00000423. The molecule has 2 aromatic carbocycles. The number of rotatable bonds is 10.